The number of hydrogen-bond donors (Lipinski definition) is 3. The first-order valence-corrected chi connectivity index (χ1v) is 5.44. The summed E-state index contributed by atoms with van der Waals surface area (Å²) in [6, 6.07) is -0.885. The van der Waals surface area contributed by atoms with Gasteiger partial charge in [-0.15, -0.1) is 0 Å². The van der Waals surface area contributed by atoms with Crippen LogP contribution in [0, 0.1) is 0 Å². The molecule has 0 aromatic carbocycles. The number of aliphatic carboxylic acids is 1. The molecule has 4 N–H and O–H groups in total. The molecule has 1 rings (SSSR count). The van der Waals surface area contributed by atoms with E-state index in [-0.39, 0.29) is 24.1 Å². The van der Waals surface area contributed by atoms with Crippen LogP contribution in [0.25, 0.3) is 0 Å². The SMILES string of the molecule is C/C(C(=O)O)=C(\C)C(=O)N1CC(O)CC1C(N)=O. The number of carbonyl (C=O) groups excluding carboxylic acids is 2. The summed E-state index contributed by atoms with van der Waals surface area (Å²) < 4.78 is 0. The zero-order valence-corrected chi connectivity index (χ0v) is 10.2. The van der Waals surface area contributed by atoms with Crippen LogP contribution in [0.15, 0.2) is 11.1 Å². The average Bonchev–Trinajstić information content (AvgIpc) is 2.68. The lowest BCUT2D eigenvalue weighted by Gasteiger charge is -2.22. The third-order valence-corrected chi connectivity index (χ3v) is 3.07. The molecule has 0 aromatic rings. The predicted molar refractivity (Wildman–Crippen MR) is 61.3 cm³/mol. The summed E-state index contributed by atoms with van der Waals surface area (Å²) in [4.78, 5) is 35.1. The second-order valence-corrected chi connectivity index (χ2v) is 4.32. The minimum absolute atomic E-state index is 0.0172. The number of nitrogens with two attached hydrogens (primary N) is 1. The summed E-state index contributed by atoms with van der Waals surface area (Å²) in [5.74, 6) is -2.49. The van der Waals surface area contributed by atoms with Crippen LogP contribution in [0.5, 0.6) is 0 Å². The van der Waals surface area contributed by atoms with Crippen molar-refractivity contribution in [3.63, 3.8) is 0 Å². The maximum Gasteiger partial charge on any atom is 0.331 e. The number of likely N-dealkylation sites (tertiary alicyclic amines) is 1. The van der Waals surface area contributed by atoms with E-state index in [1.807, 2.05) is 0 Å². The van der Waals surface area contributed by atoms with Gasteiger partial charge in [0.1, 0.15) is 6.04 Å². The topological polar surface area (TPSA) is 121 Å². The smallest absolute Gasteiger partial charge is 0.331 e. The van der Waals surface area contributed by atoms with E-state index in [4.69, 9.17) is 10.8 Å². The number of β-amino-alcohol motifs (C(OH)–C–C–N with tert-alkyl or cyclic N) is 1. The second-order valence-electron chi connectivity index (χ2n) is 4.32. The molecule has 18 heavy (non-hydrogen) atoms. The fraction of sp³-hybridized carbons (Fsp3) is 0.545. The molecule has 1 fully saturated rings. The van der Waals surface area contributed by atoms with Crippen LogP contribution in [-0.2, 0) is 14.4 Å². The van der Waals surface area contributed by atoms with Crippen molar-refractivity contribution in [2.75, 3.05) is 6.54 Å². The van der Waals surface area contributed by atoms with Crippen LogP contribution < -0.4 is 5.73 Å². The average molecular weight is 256 g/mol. The van der Waals surface area contributed by atoms with Crippen LogP contribution in [0.2, 0.25) is 0 Å². The Morgan fingerprint density at radius 3 is 2.22 bits per heavy atom. The summed E-state index contributed by atoms with van der Waals surface area (Å²) in [7, 11) is 0. The number of rotatable bonds is 3. The van der Waals surface area contributed by atoms with Crippen molar-refractivity contribution in [1.82, 2.24) is 4.90 Å². The van der Waals surface area contributed by atoms with Crippen molar-refractivity contribution < 1.29 is 24.6 Å². The Bertz CT molecular complexity index is 429. The van der Waals surface area contributed by atoms with E-state index < -0.39 is 29.9 Å². The minimum Gasteiger partial charge on any atom is -0.478 e. The summed E-state index contributed by atoms with van der Waals surface area (Å²) in [5, 5.41) is 18.3. The van der Waals surface area contributed by atoms with Gasteiger partial charge in [-0.1, -0.05) is 0 Å². The van der Waals surface area contributed by atoms with Gasteiger partial charge in [0.25, 0.3) is 5.91 Å². The molecule has 0 saturated carbocycles. The van der Waals surface area contributed by atoms with Crippen LogP contribution >= 0.6 is 0 Å². The molecule has 7 nitrogen and oxygen atoms in total. The number of primary amides is 1. The number of carbonyl (C=O) groups is 3. The fourth-order valence-electron chi connectivity index (χ4n) is 1.84. The fourth-order valence-corrected chi connectivity index (χ4v) is 1.84. The normalized spacial score (nSPS) is 24.7. The van der Waals surface area contributed by atoms with Gasteiger partial charge >= 0.3 is 5.97 Å². The second kappa shape index (κ2) is 5.18. The van der Waals surface area contributed by atoms with E-state index in [1.54, 1.807) is 0 Å². The molecule has 0 aromatic heterocycles. The van der Waals surface area contributed by atoms with Gasteiger partial charge in [0.15, 0.2) is 0 Å². The summed E-state index contributed by atoms with van der Waals surface area (Å²) >= 11 is 0. The van der Waals surface area contributed by atoms with Crippen LogP contribution in [0.4, 0.5) is 0 Å². The first kappa shape index (κ1) is 14.2. The Morgan fingerprint density at radius 1 is 1.22 bits per heavy atom. The Kier molecular flexibility index (Phi) is 4.07. The molecule has 1 heterocycles. The maximum absolute atomic E-state index is 12.0. The lowest BCUT2D eigenvalue weighted by molar-refractivity contribution is -0.135. The highest BCUT2D eigenvalue weighted by molar-refractivity contribution is 6.03. The molecular formula is C11H16N2O5. The number of aliphatic hydroxyl groups excluding tert-OH is 1. The Morgan fingerprint density at radius 2 is 1.78 bits per heavy atom. The van der Waals surface area contributed by atoms with Crippen LogP contribution in [0.3, 0.4) is 0 Å². The van der Waals surface area contributed by atoms with Gasteiger partial charge in [0.2, 0.25) is 5.91 Å². The standard InChI is InChI=1S/C11H16N2O5/c1-5(6(2)11(17)18)10(16)13-4-7(14)3-8(13)9(12)15/h7-8,14H,3-4H2,1-2H3,(H2,12,15)(H,17,18)/b6-5-. The van der Waals surface area contributed by atoms with E-state index in [9.17, 15) is 19.5 Å². The van der Waals surface area contributed by atoms with Crippen LogP contribution in [-0.4, -0.2) is 51.6 Å². The van der Waals surface area contributed by atoms with Crippen molar-refractivity contribution in [3.05, 3.63) is 11.1 Å². The van der Waals surface area contributed by atoms with Crippen molar-refractivity contribution in [1.29, 1.82) is 0 Å². The molecular weight excluding hydrogens is 240 g/mol. The largest absolute Gasteiger partial charge is 0.478 e. The lowest BCUT2D eigenvalue weighted by atomic mass is 10.1. The third-order valence-electron chi connectivity index (χ3n) is 3.07. The monoisotopic (exact) mass is 256 g/mol. The molecule has 0 bridgehead atoms. The number of nitrogens with zero attached hydrogens (tertiary/aromatic N) is 1. The summed E-state index contributed by atoms with van der Waals surface area (Å²) in [6.45, 7) is 2.66. The van der Waals surface area contributed by atoms with Crippen molar-refractivity contribution >= 4 is 17.8 Å². The lowest BCUT2D eigenvalue weighted by Crippen LogP contribution is -2.44. The van der Waals surface area contributed by atoms with Gasteiger partial charge in [-0.05, 0) is 13.8 Å². The van der Waals surface area contributed by atoms with E-state index in [2.05, 4.69) is 0 Å². The number of amides is 2. The molecule has 1 aliphatic heterocycles. The quantitative estimate of drug-likeness (QED) is 0.551. The molecule has 0 radical (unpaired) electrons. The predicted octanol–water partition coefficient (Wildman–Crippen LogP) is -1.15. The first-order chi connectivity index (χ1) is 8.25. The third kappa shape index (κ3) is 2.67. The van der Waals surface area contributed by atoms with Gasteiger partial charge in [-0.25, -0.2) is 4.79 Å². The minimum atomic E-state index is -1.20. The van der Waals surface area contributed by atoms with Gasteiger partial charge in [-0.2, -0.15) is 0 Å². The summed E-state index contributed by atoms with van der Waals surface area (Å²) in [6.07, 6.45) is -0.732. The van der Waals surface area contributed by atoms with E-state index >= 15 is 0 Å². The molecule has 1 aliphatic rings. The molecule has 1 saturated heterocycles. The van der Waals surface area contributed by atoms with Crippen molar-refractivity contribution in [2.45, 2.75) is 32.4 Å². The van der Waals surface area contributed by atoms with Crippen molar-refractivity contribution in [2.24, 2.45) is 5.73 Å². The highest BCUT2D eigenvalue weighted by Crippen LogP contribution is 2.21. The van der Waals surface area contributed by atoms with E-state index in [0.717, 1.165) is 4.90 Å². The number of hydrogen-bond acceptors (Lipinski definition) is 4. The van der Waals surface area contributed by atoms with Gasteiger partial charge in [-0.3, -0.25) is 9.59 Å². The molecule has 100 valence electrons. The molecule has 0 spiro atoms. The van der Waals surface area contributed by atoms with Gasteiger partial charge < -0.3 is 20.8 Å². The Labute approximate surface area is 104 Å². The van der Waals surface area contributed by atoms with Gasteiger partial charge in [0.05, 0.1) is 6.10 Å². The molecule has 2 unspecified atom stereocenters. The molecule has 2 atom stereocenters. The molecule has 0 aliphatic carbocycles. The number of carboxylic acids is 1. The Hall–Kier alpha value is -1.89. The van der Waals surface area contributed by atoms with Crippen molar-refractivity contribution in [3.8, 4) is 0 Å². The summed E-state index contributed by atoms with van der Waals surface area (Å²) in [5.41, 5.74) is 5.09. The first-order valence-electron chi connectivity index (χ1n) is 5.44. The molecule has 7 heteroatoms. The van der Waals surface area contributed by atoms with Gasteiger partial charge in [0, 0.05) is 24.1 Å². The zero-order chi connectivity index (χ0) is 14.0. The molecule has 2 amide bonds. The van der Waals surface area contributed by atoms with E-state index in [1.165, 1.54) is 13.8 Å². The zero-order valence-electron chi connectivity index (χ0n) is 10.2. The highest BCUT2D eigenvalue weighted by Gasteiger charge is 2.38. The number of aliphatic hydroxyl groups is 1. The van der Waals surface area contributed by atoms with Crippen LogP contribution in [0.1, 0.15) is 20.3 Å². The highest BCUT2D eigenvalue weighted by atomic mass is 16.4. The number of carboxylic acid groups (broad SMARTS) is 1. The van der Waals surface area contributed by atoms with E-state index in [0.29, 0.717) is 0 Å². The maximum atomic E-state index is 12.0. The Balaban J connectivity index is 3.00.